The van der Waals surface area contributed by atoms with Gasteiger partial charge in [-0.25, -0.2) is 8.42 Å². The minimum absolute atomic E-state index is 0.0000941. The SMILES string of the molecule is Cc1ccc2c(S(=O)(=O)C3(C(N)=O)CCC(c4ccccc4)O3)cccc2n1. The van der Waals surface area contributed by atoms with Crippen LogP contribution in [-0.4, -0.2) is 24.2 Å². The van der Waals surface area contributed by atoms with Gasteiger partial charge in [-0.05, 0) is 43.2 Å². The molecule has 1 saturated heterocycles. The van der Waals surface area contributed by atoms with Crippen molar-refractivity contribution in [3.63, 3.8) is 0 Å². The Balaban J connectivity index is 1.84. The van der Waals surface area contributed by atoms with Gasteiger partial charge in [-0.2, -0.15) is 0 Å². The molecule has 2 unspecified atom stereocenters. The second kappa shape index (κ2) is 6.68. The molecule has 0 aliphatic carbocycles. The summed E-state index contributed by atoms with van der Waals surface area (Å²) in [5, 5.41) is 0.445. The van der Waals surface area contributed by atoms with Crippen molar-refractivity contribution in [1.29, 1.82) is 0 Å². The van der Waals surface area contributed by atoms with Crippen molar-refractivity contribution in [2.75, 3.05) is 0 Å². The first kappa shape index (κ1) is 18.6. The molecule has 28 heavy (non-hydrogen) atoms. The van der Waals surface area contributed by atoms with Crippen molar-refractivity contribution in [2.24, 2.45) is 5.73 Å². The normalized spacial score (nSPS) is 22.4. The fraction of sp³-hybridized carbons (Fsp3) is 0.238. The third-order valence-electron chi connectivity index (χ3n) is 5.17. The second-order valence-corrected chi connectivity index (χ2v) is 9.06. The molecule has 144 valence electrons. The lowest BCUT2D eigenvalue weighted by Crippen LogP contribution is -2.50. The highest BCUT2D eigenvalue weighted by molar-refractivity contribution is 7.93. The van der Waals surface area contributed by atoms with Crippen LogP contribution in [0, 0.1) is 6.92 Å². The topological polar surface area (TPSA) is 99.3 Å². The quantitative estimate of drug-likeness (QED) is 0.731. The molecule has 0 bridgehead atoms. The number of sulfone groups is 1. The number of aromatic nitrogens is 1. The van der Waals surface area contributed by atoms with Crippen LogP contribution in [0.4, 0.5) is 0 Å². The van der Waals surface area contributed by atoms with Gasteiger partial charge in [-0.3, -0.25) is 9.78 Å². The Labute approximate surface area is 163 Å². The first-order chi connectivity index (χ1) is 13.3. The minimum Gasteiger partial charge on any atom is -0.366 e. The van der Waals surface area contributed by atoms with E-state index >= 15 is 0 Å². The summed E-state index contributed by atoms with van der Waals surface area (Å²) in [5.41, 5.74) is 7.73. The number of primary amides is 1. The van der Waals surface area contributed by atoms with E-state index < -0.39 is 26.8 Å². The van der Waals surface area contributed by atoms with E-state index in [9.17, 15) is 13.2 Å². The Bertz CT molecular complexity index is 1160. The Kier molecular flexibility index (Phi) is 4.44. The highest BCUT2D eigenvalue weighted by atomic mass is 32.2. The predicted octanol–water partition coefficient (Wildman–Crippen LogP) is 3.05. The lowest BCUT2D eigenvalue weighted by molar-refractivity contribution is -0.132. The van der Waals surface area contributed by atoms with Crippen LogP contribution in [0.3, 0.4) is 0 Å². The molecule has 6 nitrogen and oxygen atoms in total. The summed E-state index contributed by atoms with van der Waals surface area (Å²) in [6.45, 7) is 1.83. The molecule has 7 heteroatoms. The van der Waals surface area contributed by atoms with E-state index in [4.69, 9.17) is 10.5 Å². The monoisotopic (exact) mass is 396 g/mol. The van der Waals surface area contributed by atoms with Crippen molar-refractivity contribution >= 4 is 26.6 Å². The van der Waals surface area contributed by atoms with E-state index in [1.54, 1.807) is 24.3 Å². The van der Waals surface area contributed by atoms with Gasteiger partial charge in [0, 0.05) is 17.5 Å². The summed E-state index contributed by atoms with van der Waals surface area (Å²) in [4.78, 5) is 14.7. The first-order valence-electron chi connectivity index (χ1n) is 8.99. The molecule has 1 amide bonds. The largest absolute Gasteiger partial charge is 0.366 e. The van der Waals surface area contributed by atoms with E-state index in [1.807, 2.05) is 37.3 Å². The van der Waals surface area contributed by atoms with Crippen molar-refractivity contribution in [1.82, 2.24) is 4.98 Å². The molecule has 0 radical (unpaired) electrons. The van der Waals surface area contributed by atoms with Crippen LogP contribution >= 0.6 is 0 Å². The summed E-state index contributed by atoms with van der Waals surface area (Å²) in [6.07, 6.45) is -0.132. The van der Waals surface area contributed by atoms with E-state index in [2.05, 4.69) is 4.98 Å². The molecule has 1 aliphatic heterocycles. The van der Waals surface area contributed by atoms with Crippen LogP contribution in [0.5, 0.6) is 0 Å². The molecular formula is C21H20N2O4S. The van der Waals surface area contributed by atoms with Gasteiger partial charge in [0.25, 0.3) is 10.8 Å². The van der Waals surface area contributed by atoms with Gasteiger partial charge >= 0.3 is 0 Å². The van der Waals surface area contributed by atoms with Crippen molar-refractivity contribution in [3.05, 3.63) is 71.9 Å². The number of nitrogens with zero attached hydrogens (tertiary/aromatic N) is 1. The van der Waals surface area contributed by atoms with Gasteiger partial charge in [0.15, 0.2) is 0 Å². The summed E-state index contributed by atoms with van der Waals surface area (Å²) in [6, 6.07) is 17.5. The number of carbonyl (C=O) groups excluding carboxylic acids is 1. The summed E-state index contributed by atoms with van der Waals surface area (Å²) >= 11 is 0. The molecule has 4 rings (SSSR count). The van der Waals surface area contributed by atoms with Gasteiger partial charge in [-0.1, -0.05) is 36.4 Å². The molecule has 1 aliphatic rings. The Morgan fingerprint density at radius 2 is 1.86 bits per heavy atom. The van der Waals surface area contributed by atoms with Gasteiger partial charge in [0.05, 0.1) is 16.5 Å². The van der Waals surface area contributed by atoms with E-state index in [1.165, 1.54) is 6.07 Å². The average Bonchev–Trinajstić information content (AvgIpc) is 3.15. The molecule has 1 fully saturated rings. The van der Waals surface area contributed by atoms with Gasteiger partial charge in [0.2, 0.25) is 9.84 Å². The van der Waals surface area contributed by atoms with Crippen molar-refractivity contribution < 1.29 is 17.9 Å². The first-order valence-corrected chi connectivity index (χ1v) is 10.5. The number of amides is 1. The van der Waals surface area contributed by atoms with Gasteiger partial charge < -0.3 is 10.5 Å². The predicted molar refractivity (Wildman–Crippen MR) is 105 cm³/mol. The van der Waals surface area contributed by atoms with Crippen molar-refractivity contribution in [2.45, 2.75) is 35.7 Å². The van der Waals surface area contributed by atoms with Crippen molar-refractivity contribution in [3.8, 4) is 0 Å². The van der Waals surface area contributed by atoms with E-state index in [0.717, 1.165) is 11.3 Å². The van der Waals surface area contributed by atoms with Crippen LogP contribution in [0.2, 0.25) is 0 Å². The van der Waals surface area contributed by atoms with Gasteiger partial charge in [-0.15, -0.1) is 0 Å². The summed E-state index contributed by atoms with van der Waals surface area (Å²) < 4.78 is 33.1. The number of hydrogen-bond donors (Lipinski definition) is 1. The maximum absolute atomic E-state index is 13.6. The van der Waals surface area contributed by atoms with Crippen LogP contribution in [-0.2, 0) is 19.4 Å². The smallest absolute Gasteiger partial charge is 0.266 e. The lowest BCUT2D eigenvalue weighted by Gasteiger charge is -2.26. The number of hydrogen-bond acceptors (Lipinski definition) is 5. The molecule has 2 atom stereocenters. The van der Waals surface area contributed by atoms with E-state index in [0.29, 0.717) is 17.3 Å². The number of benzene rings is 2. The lowest BCUT2D eigenvalue weighted by atomic mass is 10.1. The molecule has 2 aromatic carbocycles. The zero-order valence-corrected chi connectivity index (χ0v) is 16.1. The van der Waals surface area contributed by atoms with Crippen LogP contribution in [0.15, 0.2) is 65.6 Å². The highest BCUT2D eigenvalue weighted by Gasteiger charge is 2.57. The molecule has 2 N–H and O–H groups in total. The van der Waals surface area contributed by atoms with Crippen LogP contribution < -0.4 is 5.73 Å². The number of aryl methyl sites for hydroxylation is 1. The highest BCUT2D eigenvalue weighted by Crippen LogP contribution is 2.45. The average molecular weight is 396 g/mol. The molecule has 2 heterocycles. The van der Waals surface area contributed by atoms with Crippen LogP contribution in [0.25, 0.3) is 10.9 Å². The molecule has 0 spiro atoms. The van der Waals surface area contributed by atoms with E-state index in [-0.39, 0.29) is 11.3 Å². The fourth-order valence-corrected chi connectivity index (χ4v) is 5.69. The molecule has 1 aromatic heterocycles. The Morgan fingerprint density at radius 1 is 1.11 bits per heavy atom. The number of fused-ring (bicyclic) bond motifs is 1. The molecular weight excluding hydrogens is 376 g/mol. The number of nitrogens with two attached hydrogens (primary N) is 1. The van der Waals surface area contributed by atoms with Gasteiger partial charge in [0.1, 0.15) is 0 Å². The maximum atomic E-state index is 13.6. The number of ether oxygens (including phenoxy) is 1. The zero-order chi connectivity index (χ0) is 19.9. The second-order valence-electron chi connectivity index (χ2n) is 6.95. The molecule has 3 aromatic rings. The minimum atomic E-state index is -4.22. The number of carbonyl (C=O) groups is 1. The summed E-state index contributed by atoms with van der Waals surface area (Å²) in [5.74, 6) is -0.997. The standard InChI is InChI=1S/C21H20N2O4S/c1-14-10-11-16-17(23-14)8-5-9-19(16)28(25,26)21(20(22)24)13-12-18(27-21)15-6-3-2-4-7-15/h2-11,18H,12-13H2,1H3,(H2,22,24). The molecule has 0 saturated carbocycles. The number of rotatable bonds is 4. The fourth-order valence-electron chi connectivity index (χ4n) is 3.72. The van der Waals surface area contributed by atoms with Crippen LogP contribution in [0.1, 0.15) is 30.2 Å². The maximum Gasteiger partial charge on any atom is 0.266 e. The third kappa shape index (κ3) is 2.78. The number of pyridine rings is 1. The third-order valence-corrected chi connectivity index (χ3v) is 7.47. The summed E-state index contributed by atoms with van der Waals surface area (Å²) in [7, 11) is -4.22. The zero-order valence-electron chi connectivity index (χ0n) is 15.3. The Morgan fingerprint density at radius 3 is 2.57 bits per heavy atom. The Hall–Kier alpha value is -2.77.